The van der Waals surface area contributed by atoms with Gasteiger partial charge < -0.3 is 10.2 Å². The summed E-state index contributed by atoms with van der Waals surface area (Å²) in [6.07, 6.45) is -0.269. The number of aliphatic carboxylic acids is 1. The lowest BCUT2D eigenvalue weighted by Crippen LogP contribution is -2.34. The molecule has 0 bridgehead atoms. The van der Waals surface area contributed by atoms with Crippen molar-refractivity contribution in [2.75, 3.05) is 0 Å². The molecule has 15 heavy (non-hydrogen) atoms. The van der Waals surface area contributed by atoms with Gasteiger partial charge in [0.25, 0.3) is 0 Å². The maximum absolute atomic E-state index is 10.7. The molecule has 0 aromatic heterocycles. The van der Waals surface area contributed by atoms with Crippen LogP contribution >= 0.6 is 0 Å². The summed E-state index contributed by atoms with van der Waals surface area (Å²) in [4.78, 5) is 10.7. The summed E-state index contributed by atoms with van der Waals surface area (Å²) >= 11 is 0. The Bertz CT molecular complexity index is 332. The highest BCUT2D eigenvalue weighted by molar-refractivity contribution is 5.68. The van der Waals surface area contributed by atoms with Crippen LogP contribution in [0, 0.1) is 5.92 Å². The molecule has 1 aromatic rings. The Morgan fingerprint density at radius 2 is 1.87 bits per heavy atom. The van der Waals surface area contributed by atoms with Crippen LogP contribution < -0.4 is 0 Å². The van der Waals surface area contributed by atoms with E-state index in [-0.39, 0.29) is 12.3 Å². The smallest absolute Gasteiger partial charge is 0.306 e. The van der Waals surface area contributed by atoms with E-state index in [0.717, 1.165) is 0 Å². The molecule has 1 rings (SSSR count). The van der Waals surface area contributed by atoms with Crippen molar-refractivity contribution < 1.29 is 15.0 Å². The third-order valence-corrected chi connectivity index (χ3v) is 2.65. The topological polar surface area (TPSA) is 57.5 Å². The zero-order valence-corrected chi connectivity index (χ0v) is 8.97. The Balaban J connectivity index is 3.07. The largest absolute Gasteiger partial charge is 0.481 e. The van der Waals surface area contributed by atoms with Crippen molar-refractivity contribution in [2.24, 2.45) is 5.92 Å². The molecule has 0 fully saturated rings. The summed E-state index contributed by atoms with van der Waals surface area (Å²) in [6.45, 7) is 3.63. The maximum Gasteiger partial charge on any atom is 0.306 e. The van der Waals surface area contributed by atoms with Crippen LogP contribution in [0.15, 0.2) is 30.3 Å². The molecule has 1 atom stereocenters. The van der Waals surface area contributed by atoms with E-state index in [4.69, 9.17) is 5.11 Å². The van der Waals surface area contributed by atoms with E-state index < -0.39 is 11.6 Å². The van der Waals surface area contributed by atoms with Crippen molar-refractivity contribution in [3.05, 3.63) is 35.9 Å². The van der Waals surface area contributed by atoms with Crippen LogP contribution in [0.4, 0.5) is 0 Å². The second-order valence-corrected chi connectivity index (χ2v) is 4.02. The minimum atomic E-state index is -1.28. The third kappa shape index (κ3) is 2.57. The van der Waals surface area contributed by atoms with E-state index in [9.17, 15) is 9.90 Å². The molecule has 2 N–H and O–H groups in total. The zero-order chi connectivity index (χ0) is 11.5. The average Bonchev–Trinajstić information content (AvgIpc) is 2.17. The van der Waals surface area contributed by atoms with Crippen molar-refractivity contribution >= 4 is 5.97 Å². The summed E-state index contributed by atoms with van der Waals surface area (Å²) in [5.74, 6) is -1.13. The predicted molar refractivity (Wildman–Crippen MR) is 57.4 cm³/mol. The molecule has 0 saturated heterocycles. The van der Waals surface area contributed by atoms with Gasteiger partial charge in [-0.3, -0.25) is 4.79 Å². The number of hydrogen-bond donors (Lipinski definition) is 2. The van der Waals surface area contributed by atoms with Gasteiger partial charge >= 0.3 is 5.97 Å². The van der Waals surface area contributed by atoms with Crippen molar-refractivity contribution in [1.29, 1.82) is 0 Å². The van der Waals surface area contributed by atoms with E-state index in [0.29, 0.717) is 5.56 Å². The molecule has 0 aliphatic rings. The van der Waals surface area contributed by atoms with E-state index in [1.54, 1.807) is 24.3 Å². The molecule has 0 heterocycles. The number of carbonyl (C=O) groups is 1. The Morgan fingerprint density at radius 1 is 1.33 bits per heavy atom. The molecule has 0 saturated carbocycles. The molecule has 1 aromatic carbocycles. The first-order valence-electron chi connectivity index (χ1n) is 4.96. The number of rotatable bonds is 4. The molecule has 3 heteroatoms. The zero-order valence-electron chi connectivity index (χ0n) is 8.97. The SMILES string of the molecule is CC(C)C(O)(CC(=O)O)c1ccccc1. The van der Waals surface area contributed by atoms with Crippen LogP contribution in [-0.4, -0.2) is 16.2 Å². The Morgan fingerprint density at radius 3 is 2.27 bits per heavy atom. The first kappa shape index (κ1) is 11.7. The van der Waals surface area contributed by atoms with Crippen molar-refractivity contribution in [3.8, 4) is 0 Å². The number of carboxylic acid groups (broad SMARTS) is 1. The molecule has 0 amide bonds. The molecule has 3 nitrogen and oxygen atoms in total. The summed E-state index contributed by atoms with van der Waals surface area (Å²) in [5, 5.41) is 19.1. The third-order valence-electron chi connectivity index (χ3n) is 2.65. The fourth-order valence-electron chi connectivity index (χ4n) is 1.60. The van der Waals surface area contributed by atoms with Gasteiger partial charge in [0.1, 0.15) is 5.60 Å². The number of benzene rings is 1. The van der Waals surface area contributed by atoms with Crippen molar-refractivity contribution in [1.82, 2.24) is 0 Å². The normalized spacial score (nSPS) is 14.9. The molecular formula is C12H16O3. The first-order chi connectivity index (χ1) is 6.97. The van der Waals surface area contributed by atoms with Gasteiger partial charge in [0, 0.05) is 0 Å². The highest BCUT2D eigenvalue weighted by Crippen LogP contribution is 2.32. The van der Waals surface area contributed by atoms with E-state index in [1.165, 1.54) is 0 Å². The van der Waals surface area contributed by atoms with Crippen LogP contribution in [0.25, 0.3) is 0 Å². The molecule has 0 radical (unpaired) electrons. The molecule has 0 aliphatic heterocycles. The standard InChI is InChI=1S/C12H16O3/c1-9(2)12(15,8-11(13)14)10-6-4-3-5-7-10/h3-7,9,15H,8H2,1-2H3,(H,13,14). The van der Waals surface area contributed by atoms with Crippen LogP contribution in [0.5, 0.6) is 0 Å². The number of hydrogen-bond acceptors (Lipinski definition) is 2. The first-order valence-corrected chi connectivity index (χ1v) is 4.96. The lowest BCUT2D eigenvalue weighted by molar-refractivity contribution is -0.145. The van der Waals surface area contributed by atoms with Gasteiger partial charge in [-0.1, -0.05) is 44.2 Å². The quantitative estimate of drug-likeness (QED) is 0.795. The summed E-state index contributed by atoms with van der Waals surface area (Å²) in [7, 11) is 0. The minimum Gasteiger partial charge on any atom is -0.481 e. The van der Waals surface area contributed by atoms with E-state index in [1.807, 2.05) is 19.9 Å². The minimum absolute atomic E-state index is 0.143. The Hall–Kier alpha value is -1.35. The summed E-state index contributed by atoms with van der Waals surface area (Å²) < 4.78 is 0. The van der Waals surface area contributed by atoms with Gasteiger partial charge in [-0.2, -0.15) is 0 Å². The molecule has 1 unspecified atom stereocenters. The van der Waals surface area contributed by atoms with Gasteiger partial charge in [-0.25, -0.2) is 0 Å². The van der Waals surface area contributed by atoms with E-state index >= 15 is 0 Å². The molecule has 82 valence electrons. The number of carboxylic acids is 1. The fraction of sp³-hybridized carbons (Fsp3) is 0.417. The van der Waals surface area contributed by atoms with Gasteiger partial charge in [-0.15, -0.1) is 0 Å². The van der Waals surface area contributed by atoms with Crippen LogP contribution in [0.1, 0.15) is 25.8 Å². The number of aliphatic hydroxyl groups is 1. The van der Waals surface area contributed by atoms with Gasteiger partial charge in [0.2, 0.25) is 0 Å². The summed E-state index contributed by atoms with van der Waals surface area (Å²) in [6, 6.07) is 8.94. The van der Waals surface area contributed by atoms with Crippen LogP contribution in [-0.2, 0) is 10.4 Å². The highest BCUT2D eigenvalue weighted by Gasteiger charge is 2.35. The highest BCUT2D eigenvalue weighted by atomic mass is 16.4. The molecular weight excluding hydrogens is 192 g/mol. The maximum atomic E-state index is 10.7. The van der Waals surface area contributed by atoms with E-state index in [2.05, 4.69) is 0 Å². The fourth-order valence-corrected chi connectivity index (χ4v) is 1.60. The van der Waals surface area contributed by atoms with Crippen LogP contribution in [0.2, 0.25) is 0 Å². The lowest BCUT2D eigenvalue weighted by atomic mass is 9.81. The van der Waals surface area contributed by atoms with Crippen molar-refractivity contribution in [3.63, 3.8) is 0 Å². The second kappa shape index (κ2) is 4.45. The second-order valence-electron chi connectivity index (χ2n) is 4.02. The molecule has 0 aliphatic carbocycles. The van der Waals surface area contributed by atoms with Gasteiger partial charge in [0.15, 0.2) is 0 Å². The van der Waals surface area contributed by atoms with Crippen LogP contribution in [0.3, 0.4) is 0 Å². The van der Waals surface area contributed by atoms with Gasteiger partial charge in [-0.05, 0) is 11.5 Å². The van der Waals surface area contributed by atoms with Crippen molar-refractivity contribution in [2.45, 2.75) is 25.9 Å². The molecule has 0 spiro atoms. The average molecular weight is 208 g/mol. The Labute approximate surface area is 89.4 Å². The Kier molecular flexibility index (Phi) is 3.48. The predicted octanol–water partition coefficient (Wildman–Crippen LogP) is 2.00. The lowest BCUT2D eigenvalue weighted by Gasteiger charge is -2.31. The van der Waals surface area contributed by atoms with Gasteiger partial charge in [0.05, 0.1) is 6.42 Å². The summed E-state index contributed by atoms with van der Waals surface area (Å²) in [5.41, 5.74) is -0.630. The monoisotopic (exact) mass is 208 g/mol.